The Labute approximate surface area is 115 Å². The Bertz CT molecular complexity index is 462. The summed E-state index contributed by atoms with van der Waals surface area (Å²) in [5.41, 5.74) is 5.03. The first-order valence-electron chi connectivity index (χ1n) is 6.89. The van der Waals surface area contributed by atoms with Gasteiger partial charge in [-0.1, -0.05) is 6.07 Å². The van der Waals surface area contributed by atoms with E-state index in [0.29, 0.717) is 0 Å². The van der Waals surface area contributed by atoms with E-state index in [0.717, 1.165) is 31.8 Å². The molecule has 0 bridgehead atoms. The summed E-state index contributed by atoms with van der Waals surface area (Å²) in [5.74, 6) is 0.999. The molecule has 2 rings (SSSR count). The van der Waals surface area contributed by atoms with Crippen molar-refractivity contribution >= 4 is 0 Å². The lowest BCUT2D eigenvalue weighted by Gasteiger charge is -2.44. The van der Waals surface area contributed by atoms with E-state index in [9.17, 15) is 0 Å². The van der Waals surface area contributed by atoms with E-state index < -0.39 is 0 Å². The van der Waals surface area contributed by atoms with Crippen LogP contribution in [0.2, 0.25) is 0 Å². The van der Waals surface area contributed by atoms with Crippen molar-refractivity contribution in [2.24, 2.45) is 0 Å². The van der Waals surface area contributed by atoms with E-state index in [1.807, 2.05) is 0 Å². The third-order valence-electron chi connectivity index (χ3n) is 4.29. The molecule has 3 heteroatoms. The van der Waals surface area contributed by atoms with Crippen molar-refractivity contribution in [3.05, 3.63) is 28.3 Å². The van der Waals surface area contributed by atoms with Crippen LogP contribution >= 0.6 is 0 Å². The molecule has 3 nitrogen and oxygen atoms in total. The quantitative estimate of drug-likeness (QED) is 0.888. The monoisotopic (exact) mass is 264 g/mol. The van der Waals surface area contributed by atoms with Crippen LogP contribution in [0.1, 0.15) is 35.1 Å². The van der Waals surface area contributed by atoms with E-state index >= 15 is 0 Å². The molecular weight excluding hydrogens is 240 g/mol. The number of hydrogen-bond donors (Lipinski definition) is 1. The minimum absolute atomic E-state index is 0.0244. The van der Waals surface area contributed by atoms with Crippen molar-refractivity contribution in [2.75, 3.05) is 26.9 Å². The molecule has 106 valence electrons. The van der Waals surface area contributed by atoms with E-state index in [-0.39, 0.29) is 12.0 Å². The molecule has 19 heavy (non-hydrogen) atoms. The summed E-state index contributed by atoms with van der Waals surface area (Å²) in [7, 11) is 1.74. The predicted molar refractivity (Wildman–Crippen MR) is 76.0 cm³/mol. The van der Waals surface area contributed by atoms with Gasteiger partial charge in [0, 0.05) is 17.6 Å². The number of aliphatic hydroxyl groups is 1. The highest BCUT2D eigenvalue weighted by Crippen LogP contribution is 2.45. The molecule has 1 heterocycles. The maximum atomic E-state index is 9.12. The van der Waals surface area contributed by atoms with E-state index in [1.54, 1.807) is 7.11 Å². The Morgan fingerprint density at radius 1 is 1.26 bits per heavy atom. The molecule has 1 aromatic rings. The van der Waals surface area contributed by atoms with Crippen molar-refractivity contribution in [3.8, 4) is 5.75 Å². The summed E-state index contributed by atoms with van der Waals surface area (Å²) < 4.78 is 11.2. The molecule has 0 radical (unpaired) electrons. The average Bonchev–Trinajstić information content (AvgIpc) is 2.34. The molecule has 0 aromatic heterocycles. The van der Waals surface area contributed by atoms with Crippen LogP contribution in [0.15, 0.2) is 6.07 Å². The molecule has 1 aliphatic heterocycles. The fourth-order valence-corrected chi connectivity index (χ4v) is 3.14. The van der Waals surface area contributed by atoms with Gasteiger partial charge in [0.2, 0.25) is 0 Å². The molecule has 1 aromatic carbocycles. The van der Waals surface area contributed by atoms with Crippen LogP contribution in [0.25, 0.3) is 0 Å². The largest absolute Gasteiger partial charge is 0.496 e. The fraction of sp³-hybridized carbons (Fsp3) is 0.625. The molecule has 1 N–H and O–H groups in total. The zero-order valence-electron chi connectivity index (χ0n) is 12.4. The Morgan fingerprint density at radius 3 is 2.42 bits per heavy atom. The summed E-state index contributed by atoms with van der Waals surface area (Å²) >= 11 is 0. The standard InChI is InChI=1S/C16H24O3/c1-11-8-12(2)14(15(18-4)13(11)3)16(6-5-7-17)9-19-10-16/h8,17H,5-7,9-10H2,1-4H3. The lowest BCUT2D eigenvalue weighted by atomic mass is 9.72. The zero-order valence-corrected chi connectivity index (χ0v) is 12.4. The highest BCUT2D eigenvalue weighted by atomic mass is 16.5. The molecule has 0 aliphatic carbocycles. The van der Waals surface area contributed by atoms with Crippen LogP contribution in [-0.4, -0.2) is 32.0 Å². The van der Waals surface area contributed by atoms with Gasteiger partial charge in [0.05, 0.1) is 20.3 Å². The molecule has 1 aliphatic rings. The Morgan fingerprint density at radius 2 is 1.95 bits per heavy atom. The first-order valence-corrected chi connectivity index (χ1v) is 6.89. The minimum atomic E-state index is 0.0244. The average molecular weight is 264 g/mol. The first kappa shape index (κ1) is 14.4. The summed E-state index contributed by atoms with van der Waals surface area (Å²) in [6.07, 6.45) is 1.75. The van der Waals surface area contributed by atoms with Crippen LogP contribution in [0.3, 0.4) is 0 Å². The van der Waals surface area contributed by atoms with Gasteiger partial charge >= 0.3 is 0 Å². The molecule has 0 amide bonds. The summed E-state index contributed by atoms with van der Waals surface area (Å²) in [6, 6.07) is 2.23. The minimum Gasteiger partial charge on any atom is -0.496 e. The number of rotatable bonds is 5. The van der Waals surface area contributed by atoms with Gasteiger partial charge in [-0.15, -0.1) is 0 Å². The molecule has 0 atom stereocenters. The fourth-order valence-electron chi connectivity index (χ4n) is 3.14. The molecule has 1 fully saturated rings. The Balaban J connectivity index is 2.50. The number of hydrogen-bond acceptors (Lipinski definition) is 3. The first-order chi connectivity index (χ1) is 9.05. The molecule has 0 unspecified atom stereocenters. The van der Waals surface area contributed by atoms with Gasteiger partial charge < -0.3 is 14.6 Å². The van der Waals surface area contributed by atoms with Gasteiger partial charge in [0.25, 0.3) is 0 Å². The number of aryl methyl sites for hydroxylation is 2. The number of methoxy groups -OCH3 is 1. The van der Waals surface area contributed by atoms with Gasteiger partial charge in [-0.25, -0.2) is 0 Å². The summed E-state index contributed by atoms with van der Waals surface area (Å²) in [4.78, 5) is 0. The van der Waals surface area contributed by atoms with Crippen molar-refractivity contribution < 1.29 is 14.6 Å². The normalized spacial score (nSPS) is 17.1. The lowest BCUT2D eigenvalue weighted by Crippen LogP contribution is -2.47. The second kappa shape index (κ2) is 5.51. The highest BCUT2D eigenvalue weighted by molar-refractivity contribution is 5.54. The second-order valence-corrected chi connectivity index (χ2v) is 5.64. The van der Waals surface area contributed by atoms with Crippen molar-refractivity contribution in [1.82, 2.24) is 0 Å². The Hall–Kier alpha value is -1.06. The van der Waals surface area contributed by atoms with Crippen molar-refractivity contribution in [1.29, 1.82) is 0 Å². The van der Waals surface area contributed by atoms with Crippen LogP contribution in [0.4, 0.5) is 0 Å². The number of ether oxygens (including phenoxy) is 2. The van der Waals surface area contributed by atoms with Crippen LogP contribution in [-0.2, 0) is 10.2 Å². The van der Waals surface area contributed by atoms with E-state index in [1.165, 1.54) is 22.3 Å². The Kier molecular flexibility index (Phi) is 4.16. The van der Waals surface area contributed by atoms with Crippen LogP contribution in [0, 0.1) is 20.8 Å². The molecule has 1 saturated heterocycles. The van der Waals surface area contributed by atoms with Gasteiger partial charge in [0.1, 0.15) is 5.75 Å². The maximum absolute atomic E-state index is 9.12. The van der Waals surface area contributed by atoms with Crippen LogP contribution < -0.4 is 4.74 Å². The molecule has 0 spiro atoms. The van der Waals surface area contributed by atoms with E-state index in [2.05, 4.69) is 26.8 Å². The van der Waals surface area contributed by atoms with Gasteiger partial charge in [-0.05, 0) is 50.3 Å². The predicted octanol–water partition coefficient (Wildman–Crippen LogP) is 2.66. The third kappa shape index (κ3) is 2.37. The van der Waals surface area contributed by atoms with Crippen molar-refractivity contribution in [3.63, 3.8) is 0 Å². The maximum Gasteiger partial charge on any atom is 0.126 e. The van der Waals surface area contributed by atoms with Crippen LogP contribution in [0.5, 0.6) is 5.75 Å². The zero-order chi connectivity index (χ0) is 14.0. The van der Waals surface area contributed by atoms with Crippen molar-refractivity contribution in [2.45, 2.75) is 39.0 Å². The van der Waals surface area contributed by atoms with E-state index in [4.69, 9.17) is 14.6 Å². The number of aliphatic hydroxyl groups excluding tert-OH is 1. The topological polar surface area (TPSA) is 38.7 Å². The van der Waals surface area contributed by atoms with Gasteiger partial charge in [-0.3, -0.25) is 0 Å². The van der Waals surface area contributed by atoms with Gasteiger partial charge in [-0.2, -0.15) is 0 Å². The smallest absolute Gasteiger partial charge is 0.126 e. The highest BCUT2D eigenvalue weighted by Gasteiger charge is 2.43. The molecular formula is C16H24O3. The SMILES string of the molecule is COc1c(C)c(C)cc(C)c1C1(CCCO)COC1. The summed E-state index contributed by atoms with van der Waals surface area (Å²) in [6.45, 7) is 8.05. The number of benzene rings is 1. The lowest BCUT2D eigenvalue weighted by molar-refractivity contribution is -0.0677. The summed E-state index contributed by atoms with van der Waals surface area (Å²) in [5, 5.41) is 9.12. The second-order valence-electron chi connectivity index (χ2n) is 5.64. The van der Waals surface area contributed by atoms with Gasteiger partial charge in [0.15, 0.2) is 0 Å². The molecule has 0 saturated carbocycles. The third-order valence-corrected chi connectivity index (χ3v) is 4.29.